The van der Waals surface area contributed by atoms with Crippen LogP contribution in [-0.2, 0) is 6.54 Å². The second kappa shape index (κ2) is 7.21. The lowest BCUT2D eigenvalue weighted by Crippen LogP contribution is -2.17. The summed E-state index contributed by atoms with van der Waals surface area (Å²) in [4.78, 5) is 12.0. The Labute approximate surface area is 144 Å². The van der Waals surface area contributed by atoms with Crippen LogP contribution in [-0.4, -0.2) is 16.8 Å². The first-order valence-electron chi connectivity index (χ1n) is 8.01. The number of primary amides is 1. The standard InChI is InChI=1S/C18H21F3N2O2/c1-4-5-9-23-11(2)15(16(12(23)3)17(22)24)13-7-6-8-14(10-13)25-18(19,20)21/h6-8,10H,4-5,9H2,1-3H3,(H2,22,24). The van der Waals surface area contributed by atoms with E-state index < -0.39 is 12.3 Å². The Hall–Kier alpha value is -2.44. The van der Waals surface area contributed by atoms with Crippen molar-refractivity contribution in [2.24, 2.45) is 5.73 Å². The van der Waals surface area contributed by atoms with Crippen molar-refractivity contribution in [1.29, 1.82) is 0 Å². The molecule has 0 unspecified atom stereocenters. The molecule has 0 aliphatic rings. The second-order valence-electron chi connectivity index (χ2n) is 5.87. The van der Waals surface area contributed by atoms with Crippen LogP contribution in [0.2, 0.25) is 0 Å². The van der Waals surface area contributed by atoms with E-state index in [-0.39, 0.29) is 5.75 Å². The van der Waals surface area contributed by atoms with Crippen LogP contribution in [0.4, 0.5) is 13.2 Å². The molecule has 2 rings (SSSR count). The van der Waals surface area contributed by atoms with Gasteiger partial charge in [-0.1, -0.05) is 25.5 Å². The molecule has 2 N–H and O–H groups in total. The smallest absolute Gasteiger partial charge is 0.406 e. The zero-order valence-electron chi connectivity index (χ0n) is 14.4. The Morgan fingerprint density at radius 1 is 1.24 bits per heavy atom. The van der Waals surface area contributed by atoms with Gasteiger partial charge in [0, 0.05) is 23.5 Å². The first-order chi connectivity index (χ1) is 11.7. The van der Waals surface area contributed by atoms with Gasteiger partial charge < -0.3 is 15.0 Å². The molecular weight excluding hydrogens is 333 g/mol. The molecule has 0 fully saturated rings. The molecule has 0 spiro atoms. The number of nitrogens with two attached hydrogens (primary N) is 1. The molecule has 0 saturated carbocycles. The highest BCUT2D eigenvalue weighted by Crippen LogP contribution is 2.35. The molecular formula is C18H21F3N2O2. The zero-order chi connectivity index (χ0) is 18.8. The van der Waals surface area contributed by atoms with Gasteiger partial charge >= 0.3 is 6.36 Å². The summed E-state index contributed by atoms with van der Waals surface area (Å²) in [6.07, 6.45) is -2.87. The minimum Gasteiger partial charge on any atom is -0.406 e. The van der Waals surface area contributed by atoms with E-state index in [1.54, 1.807) is 13.0 Å². The fourth-order valence-electron chi connectivity index (χ4n) is 3.04. The lowest BCUT2D eigenvalue weighted by molar-refractivity contribution is -0.274. The van der Waals surface area contributed by atoms with Crippen molar-refractivity contribution in [1.82, 2.24) is 4.57 Å². The molecule has 25 heavy (non-hydrogen) atoms. The maximum absolute atomic E-state index is 12.5. The van der Waals surface area contributed by atoms with E-state index in [0.29, 0.717) is 23.2 Å². The summed E-state index contributed by atoms with van der Waals surface area (Å²) in [5, 5.41) is 0. The minimum absolute atomic E-state index is 0.331. The van der Waals surface area contributed by atoms with Crippen LogP contribution < -0.4 is 10.5 Å². The van der Waals surface area contributed by atoms with E-state index in [9.17, 15) is 18.0 Å². The molecule has 7 heteroatoms. The summed E-state index contributed by atoms with van der Waals surface area (Å²) in [5.41, 5.74) is 8.40. The Morgan fingerprint density at radius 3 is 2.48 bits per heavy atom. The molecule has 1 aromatic carbocycles. The van der Waals surface area contributed by atoms with Crippen molar-refractivity contribution in [3.05, 3.63) is 41.2 Å². The second-order valence-corrected chi connectivity index (χ2v) is 5.87. The summed E-state index contributed by atoms with van der Waals surface area (Å²) >= 11 is 0. The number of carbonyl (C=O) groups excluding carboxylic acids is 1. The van der Waals surface area contributed by atoms with Crippen LogP contribution in [0.1, 0.15) is 41.5 Å². The van der Waals surface area contributed by atoms with Crippen LogP contribution in [0, 0.1) is 13.8 Å². The van der Waals surface area contributed by atoms with Crippen LogP contribution in [0.15, 0.2) is 24.3 Å². The molecule has 1 aromatic heterocycles. The van der Waals surface area contributed by atoms with Crippen molar-refractivity contribution < 1.29 is 22.7 Å². The van der Waals surface area contributed by atoms with E-state index in [2.05, 4.69) is 11.7 Å². The van der Waals surface area contributed by atoms with Gasteiger partial charge in [-0.25, -0.2) is 0 Å². The van der Waals surface area contributed by atoms with Gasteiger partial charge in [-0.15, -0.1) is 13.2 Å². The van der Waals surface area contributed by atoms with Crippen LogP contribution in [0.25, 0.3) is 11.1 Å². The average Bonchev–Trinajstić information content (AvgIpc) is 2.75. The Balaban J connectivity index is 2.58. The molecule has 0 atom stereocenters. The topological polar surface area (TPSA) is 57.2 Å². The summed E-state index contributed by atoms with van der Waals surface area (Å²) in [6, 6.07) is 5.59. The highest BCUT2D eigenvalue weighted by atomic mass is 19.4. The number of ether oxygens (including phenoxy) is 1. The number of rotatable bonds is 6. The van der Waals surface area contributed by atoms with E-state index in [4.69, 9.17) is 5.73 Å². The summed E-state index contributed by atoms with van der Waals surface area (Å²) in [5.74, 6) is -0.938. The quantitative estimate of drug-likeness (QED) is 0.826. The van der Waals surface area contributed by atoms with Crippen LogP contribution in [0.5, 0.6) is 5.75 Å². The Bertz CT molecular complexity index is 779. The Morgan fingerprint density at radius 2 is 1.92 bits per heavy atom. The van der Waals surface area contributed by atoms with Crippen LogP contribution in [0.3, 0.4) is 0 Å². The molecule has 0 saturated heterocycles. The molecule has 0 aliphatic heterocycles. The van der Waals surface area contributed by atoms with Crippen molar-refractivity contribution in [2.45, 2.75) is 46.5 Å². The summed E-state index contributed by atoms with van der Waals surface area (Å²) < 4.78 is 43.4. The number of benzene rings is 1. The van der Waals surface area contributed by atoms with Crippen molar-refractivity contribution in [3.8, 4) is 16.9 Å². The minimum atomic E-state index is -4.77. The fraction of sp³-hybridized carbons (Fsp3) is 0.389. The number of amides is 1. The van der Waals surface area contributed by atoms with Gasteiger partial charge in [0.15, 0.2) is 0 Å². The third-order valence-corrected chi connectivity index (χ3v) is 4.12. The van der Waals surface area contributed by atoms with Gasteiger partial charge in [-0.05, 0) is 38.0 Å². The van der Waals surface area contributed by atoms with Gasteiger partial charge in [-0.3, -0.25) is 4.79 Å². The van der Waals surface area contributed by atoms with E-state index >= 15 is 0 Å². The molecule has 136 valence electrons. The number of nitrogens with zero attached hydrogens (tertiary/aromatic N) is 1. The third kappa shape index (κ3) is 4.15. The average molecular weight is 354 g/mol. The number of hydrogen-bond donors (Lipinski definition) is 1. The largest absolute Gasteiger partial charge is 0.573 e. The monoisotopic (exact) mass is 354 g/mol. The summed E-state index contributed by atoms with van der Waals surface area (Å²) in [6.45, 7) is 6.40. The molecule has 2 aromatic rings. The predicted molar refractivity (Wildman–Crippen MR) is 89.5 cm³/mol. The van der Waals surface area contributed by atoms with Gasteiger partial charge in [0.05, 0.1) is 5.56 Å². The number of hydrogen-bond acceptors (Lipinski definition) is 2. The third-order valence-electron chi connectivity index (χ3n) is 4.12. The zero-order valence-corrected chi connectivity index (χ0v) is 14.4. The number of carbonyl (C=O) groups is 1. The highest BCUT2D eigenvalue weighted by molar-refractivity contribution is 6.02. The molecule has 0 radical (unpaired) electrons. The number of halogens is 3. The number of alkyl halides is 3. The first kappa shape index (κ1) is 18.9. The molecule has 0 bridgehead atoms. The summed E-state index contributed by atoms with van der Waals surface area (Å²) in [7, 11) is 0. The molecule has 1 heterocycles. The lowest BCUT2D eigenvalue weighted by atomic mass is 10.00. The molecule has 0 aliphatic carbocycles. The van der Waals surface area contributed by atoms with Crippen molar-refractivity contribution >= 4 is 5.91 Å². The Kier molecular flexibility index (Phi) is 5.45. The van der Waals surface area contributed by atoms with E-state index in [1.165, 1.54) is 18.2 Å². The highest BCUT2D eigenvalue weighted by Gasteiger charge is 2.31. The molecule has 4 nitrogen and oxygen atoms in total. The van der Waals surface area contributed by atoms with Gasteiger partial charge in [0.1, 0.15) is 5.75 Å². The van der Waals surface area contributed by atoms with Gasteiger partial charge in [0.2, 0.25) is 0 Å². The number of unbranched alkanes of at least 4 members (excludes halogenated alkanes) is 1. The molecule has 1 amide bonds. The SMILES string of the molecule is CCCCn1c(C)c(C(N)=O)c(-c2cccc(OC(F)(F)F)c2)c1C. The predicted octanol–water partition coefficient (Wildman–Crippen LogP) is 4.57. The van der Waals surface area contributed by atoms with E-state index in [0.717, 1.165) is 24.2 Å². The van der Waals surface area contributed by atoms with Crippen molar-refractivity contribution in [3.63, 3.8) is 0 Å². The number of aromatic nitrogens is 1. The first-order valence-corrected chi connectivity index (χ1v) is 8.01. The fourth-order valence-corrected chi connectivity index (χ4v) is 3.04. The van der Waals surface area contributed by atoms with Gasteiger partial charge in [0.25, 0.3) is 5.91 Å². The van der Waals surface area contributed by atoms with E-state index in [1.807, 2.05) is 11.5 Å². The van der Waals surface area contributed by atoms with Crippen LogP contribution >= 0.6 is 0 Å². The maximum Gasteiger partial charge on any atom is 0.573 e. The maximum atomic E-state index is 12.5. The lowest BCUT2D eigenvalue weighted by Gasteiger charge is -2.11. The normalized spacial score (nSPS) is 11.6. The van der Waals surface area contributed by atoms with Crippen molar-refractivity contribution in [2.75, 3.05) is 0 Å². The van der Waals surface area contributed by atoms with Gasteiger partial charge in [-0.2, -0.15) is 0 Å².